The van der Waals surface area contributed by atoms with Crippen LogP contribution in [-0.2, 0) is 6.42 Å². The molecule has 1 heterocycles. The molecule has 0 aliphatic heterocycles. The van der Waals surface area contributed by atoms with Crippen molar-refractivity contribution < 1.29 is 14.0 Å². The molecule has 0 bridgehead atoms. The number of nitrogens with two attached hydrogens (primary N) is 1. The minimum absolute atomic E-state index is 0.261. The number of methoxy groups -OCH3 is 2. The lowest BCUT2D eigenvalue weighted by molar-refractivity contribution is 0.355. The van der Waals surface area contributed by atoms with Gasteiger partial charge in [-0.2, -0.15) is 4.98 Å². The maximum absolute atomic E-state index is 5.91. The van der Waals surface area contributed by atoms with Crippen molar-refractivity contribution in [2.75, 3.05) is 26.1 Å². The zero-order valence-electron chi connectivity index (χ0n) is 15.1. The monoisotopic (exact) mass is 347 g/mol. The maximum atomic E-state index is 5.91. The highest BCUT2D eigenvalue weighted by Gasteiger charge is 2.09. The number of aromatic nitrogens is 2. The third kappa shape index (κ3) is 5.37. The Morgan fingerprint density at radius 3 is 2.68 bits per heavy atom. The Kier molecular flexibility index (Phi) is 6.62. The first-order valence-electron chi connectivity index (χ1n) is 8.15. The number of rotatable bonds is 8. The number of hydrogen-bond donors (Lipinski definition) is 2. The van der Waals surface area contributed by atoms with Crippen molar-refractivity contribution in [3.63, 3.8) is 0 Å². The van der Waals surface area contributed by atoms with Crippen LogP contribution in [0, 0.1) is 0 Å². The minimum Gasteiger partial charge on any atom is -0.493 e. The van der Waals surface area contributed by atoms with Crippen LogP contribution in [-0.4, -0.2) is 36.9 Å². The first kappa shape index (κ1) is 18.6. The molecule has 0 saturated carbocycles. The Hall–Kier alpha value is -2.77. The average molecular weight is 347 g/mol. The van der Waals surface area contributed by atoms with E-state index in [9.17, 15) is 0 Å². The molecule has 1 aromatic heterocycles. The van der Waals surface area contributed by atoms with E-state index in [1.165, 1.54) is 0 Å². The fourth-order valence-corrected chi connectivity index (χ4v) is 2.14. The second kappa shape index (κ2) is 8.91. The van der Waals surface area contributed by atoms with Crippen molar-refractivity contribution in [2.24, 2.45) is 10.7 Å². The van der Waals surface area contributed by atoms with Crippen LogP contribution >= 0.6 is 0 Å². The van der Waals surface area contributed by atoms with Crippen LogP contribution in [0.25, 0.3) is 0 Å². The van der Waals surface area contributed by atoms with Gasteiger partial charge in [0.1, 0.15) is 0 Å². The Morgan fingerprint density at radius 1 is 1.28 bits per heavy atom. The molecule has 8 nitrogen and oxygen atoms in total. The summed E-state index contributed by atoms with van der Waals surface area (Å²) in [6.07, 6.45) is 1.45. The fourth-order valence-electron chi connectivity index (χ4n) is 2.14. The maximum Gasteiger partial charge on any atom is 0.226 e. The number of aliphatic imine (C=N–C) groups is 1. The van der Waals surface area contributed by atoms with Crippen LogP contribution in [0.3, 0.4) is 0 Å². The lowest BCUT2D eigenvalue weighted by Gasteiger charge is -2.10. The summed E-state index contributed by atoms with van der Waals surface area (Å²) in [6.45, 7) is 4.62. The summed E-state index contributed by atoms with van der Waals surface area (Å²) in [5.41, 5.74) is 6.68. The van der Waals surface area contributed by atoms with Gasteiger partial charge >= 0.3 is 0 Å². The Bertz CT molecular complexity index is 712. The molecule has 0 fully saturated rings. The van der Waals surface area contributed by atoms with Crippen molar-refractivity contribution in [3.05, 3.63) is 29.9 Å². The SMILES string of the molecule is COc1ccc(NC(N)=NCCCc2nc(C(C)C)no2)cc1OC. The fraction of sp³-hybridized carbons (Fsp3) is 0.471. The van der Waals surface area contributed by atoms with Crippen molar-refractivity contribution in [1.82, 2.24) is 10.1 Å². The van der Waals surface area contributed by atoms with Crippen molar-refractivity contribution in [2.45, 2.75) is 32.6 Å². The minimum atomic E-state index is 0.261. The van der Waals surface area contributed by atoms with Crippen LogP contribution in [0.1, 0.15) is 37.9 Å². The van der Waals surface area contributed by atoms with E-state index in [0.29, 0.717) is 36.3 Å². The summed E-state index contributed by atoms with van der Waals surface area (Å²) < 4.78 is 15.6. The average Bonchev–Trinajstić information content (AvgIpc) is 3.08. The second-order valence-corrected chi connectivity index (χ2v) is 5.77. The van der Waals surface area contributed by atoms with Crippen molar-refractivity contribution in [1.29, 1.82) is 0 Å². The van der Waals surface area contributed by atoms with Crippen LogP contribution in [0.4, 0.5) is 5.69 Å². The Balaban J connectivity index is 1.83. The van der Waals surface area contributed by atoms with E-state index in [4.69, 9.17) is 19.7 Å². The van der Waals surface area contributed by atoms with Gasteiger partial charge in [0.15, 0.2) is 23.3 Å². The van der Waals surface area contributed by atoms with Crippen molar-refractivity contribution in [3.8, 4) is 11.5 Å². The largest absolute Gasteiger partial charge is 0.493 e. The lowest BCUT2D eigenvalue weighted by atomic mass is 10.2. The van der Waals surface area contributed by atoms with Gasteiger partial charge in [-0.3, -0.25) is 4.99 Å². The highest BCUT2D eigenvalue weighted by molar-refractivity contribution is 5.92. The molecule has 0 spiro atoms. The van der Waals surface area contributed by atoms with E-state index in [2.05, 4.69) is 20.4 Å². The van der Waals surface area contributed by atoms with Gasteiger partial charge in [-0.05, 0) is 18.6 Å². The molecule has 8 heteroatoms. The molecule has 25 heavy (non-hydrogen) atoms. The van der Waals surface area contributed by atoms with E-state index in [0.717, 1.165) is 17.9 Å². The molecule has 3 N–H and O–H groups in total. The van der Waals surface area contributed by atoms with E-state index in [1.54, 1.807) is 26.4 Å². The van der Waals surface area contributed by atoms with Crippen LogP contribution in [0.5, 0.6) is 11.5 Å². The van der Waals surface area contributed by atoms with E-state index in [1.807, 2.05) is 19.9 Å². The lowest BCUT2D eigenvalue weighted by Crippen LogP contribution is -2.22. The summed E-state index contributed by atoms with van der Waals surface area (Å²) in [6, 6.07) is 5.44. The van der Waals surface area contributed by atoms with Gasteiger partial charge in [-0.1, -0.05) is 19.0 Å². The van der Waals surface area contributed by atoms with Gasteiger partial charge in [0.2, 0.25) is 5.89 Å². The molecule has 0 amide bonds. The van der Waals surface area contributed by atoms with Gasteiger partial charge in [-0.25, -0.2) is 0 Å². The van der Waals surface area contributed by atoms with Gasteiger partial charge in [-0.15, -0.1) is 0 Å². The van der Waals surface area contributed by atoms with E-state index >= 15 is 0 Å². The molecule has 0 unspecified atom stereocenters. The highest BCUT2D eigenvalue weighted by atomic mass is 16.5. The smallest absolute Gasteiger partial charge is 0.226 e. The molecule has 0 radical (unpaired) electrons. The van der Waals surface area contributed by atoms with Crippen molar-refractivity contribution >= 4 is 11.6 Å². The number of nitrogens with zero attached hydrogens (tertiary/aromatic N) is 3. The molecule has 136 valence electrons. The second-order valence-electron chi connectivity index (χ2n) is 5.77. The quantitative estimate of drug-likeness (QED) is 0.429. The zero-order chi connectivity index (χ0) is 18.2. The van der Waals surface area contributed by atoms with Gasteiger partial charge < -0.3 is 25.0 Å². The molecular weight excluding hydrogens is 322 g/mol. The third-order valence-corrected chi connectivity index (χ3v) is 3.49. The van der Waals surface area contributed by atoms with E-state index in [-0.39, 0.29) is 5.92 Å². The highest BCUT2D eigenvalue weighted by Crippen LogP contribution is 2.29. The normalized spacial score (nSPS) is 11.6. The molecule has 2 rings (SSSR count). The molecule has 1 aromatic carbocycles. The Labute approximate surface area is 147 Å². The van der Waals surface area contributed by atoms with Crippen LogP contribution < -0.4 is 20.5 Å². The number of ether oxygens (including phenoxy) is 2. The predicted molar refractivity (Wildman–Crippen MR) is 96.4 cm³/mol. The standard InChI is InChI=1S/C17H25N5O3/c1-11(2)16-21-15(25-22-16)6-5-9-19-17(18)20-12-7-8-13(23-3)14(10-12)24-4/h7-8,10-11H,5-6,9H2,1-4H3,(H3,18,19,20). The molecule has 0 atom stereocenters. The number of anilines is 1. The number of guanidine groups is 1. The van der Waals surface area contributed by atoms with Crippen LogP contribution in [0.15, 0.2) is 27.7 Å². The predicted octanol–water partition coefficient (Wildman–Crippen LogP) is 2.57. The van der Waals surface area contributed by atoms with Crippen LogP contribution in [0.2, 0.25) is 0 Å². The molecule has 0 saturated heterocycles. The summed E-state index contributed by atoms with van der Waals surface area (Å²) in [4.78, 5) is 8.63. The third-order valence-electron chi connectivity index (χ3n) is 3.49. The molecule has 2 aromatic rings. The summed E-state index contributed by atoms with van der Waals surface area (Å²) in [7, 11) is 3.18. The van der Waals surface area contributed by atoms with E-state index < -0.39 is 0 Å². The number of benzene rings is 1. The van der Waals surface area contributed by atoms with Gasteiger partial charge in [0.25, 0.3) is 0 Å². The summed E-state index contributed by atoms with van der Waals surface area (Å²) in [5, 5.41) is 6.96. The first-order valence-corrected chi connectivity index (χ1v) is 8.15. The topological polar surface area (TPSA) is 108 Å². The summed E-state index contributed by atoms with van der Waals surface area (Å²) in [5.74, 6) is 3.23. The molecule has 0 aliphatic carbocycles. The Morgan fingerprint density at radius 2 is 2.04 bits per heavy atom. The number of nitrogens with one attached hydrogen (secondary N) is 1. The molecular formula is C17H25N5O3. The zero-order valence-corrected chi connectivity index (χ0v) is 15.1. The van der Waals surface area contributed by atoms with Gasteiger partial charge in [0.05, 0.1) is 14.2 Å². The number of hydrogen-bond acceptors (Lipinski definition) is 6. The van der Waals surface area contributed by atoms with Gasteiger partial charge in [0, 0.05) is 30.6 Å². The summed E-state index contributed by atoms with van der Waals surface area (Å²) >= 11 is 0. The first-order chi connectivity index (χ1) is 12.0. The number of aryl methyl sites for hydroxylation is 1. The molecule has 0 aliphatic rings.